The molecule has 2 saturated heterocycles. The molecule has 0 spiro atoms. The summed E-state index contributed by atoms with van der Waals surface area (Å²) < 4.78 is 5.69. The summed E-state index contributed by atoms with van der Waals surface area (Å²) in [7, 11) is 0. The number of nitrogens with zero attached hydrogens (tertiary/aromatic N) is 4. The molecule has 3 aromatic rings. The molecule has 0 unspecified atom stereocenters. The molecule has 9 heteroatoms. The second kappa shape index (κ2) is 9.40. The van der Waals surface area contributed by atoms with Gasteiger partial charge in [-0.15, -0.1) is 0 Å². The number of benzene rings is 2. The van der Waals surface area contributed by atoms with E-state index in [0.717, 1.165) is 31.3 Å². The van der Waals surface area contributed by atoms with Crippen molar-refractivity contribution in [3.63, 3.8) is 0 Å². The summed E-state index contributed by atoms with van der Waals surface area (Å²) in [5.41, 5.74) is 1.49. The van der Waals surface area contributed by atoms with Crippen molar-refractivity contribution in [3.8, 4) is 0 Å². The van der Waals surface area contributed by atoms with Crippen LogP contribution in [0.4, 0.5) is 11.4 Å². The maximum absolute atomic E-state index is 13.1. The maximum atomic E-state index is 13.1. The second-order valence-corrected chi connectivity index (χ2v) is 9.36. The highest BCUT2D eigenvalue weighted by atomic mass is 16.6. The van der Waals surface area contributed by atoms with E-state index in [1.807, 2.05) is 29.2 Å². The Morgan fingerprint density at radius 3 is 2.23 bits per heavy atom. The van der Waals surface area contributed by atoms with E-state index in [1.54, 1.807) is 28.0 Å². The molecule has 0 radical (unpaired) electrons. The quantitative estimate of drug-likeness (QED) is 0.414. The van der Waals surface area contributed by atoms with Gasteiger partial charge in [0.25, 0.3) is 17.5 Å². The predicted molar refractivity (Wildman–Crippen MR) is 132 cm³/mol. The monoisotopic (exact) mass is 476 g/mol. The molecule has 1 aromatic heterocycles. The van der Waals surface area contributed by atoms with Gasteiger partial charge in [-0.2, -0.15) is 0 Å². The van der Waals surface area contributed by atoms with Gasteiger partial charge in [-0.05, 0) is 43.0 Å². The van der Waals surface area contributed by atoms with Crippen molar-refractivity contribution >= 4 is 34.2 Å². The zero-order valence-corrected chi connectivity index (χ0v) is 19.7. The molecule has 2 amide bonds. The largest absolute Gasteiger partial charge is 0.451 e. The SMILES string of the molecule is CC1CCN(c2ccc(C(=O)N3CCN(C(=O)c4cc5ccccc5o4)CC3)cc2[N+](=O)[O-])CC1. The highest BCUT2D eigenvalue weighted by Gasteiger charge is 2.29. The van der Waals surface area contributed by atoms with Crippen LogP contribution < -0.4 is 4.90 Å². The van der Waals surface area contributed by atoms with E-state index in [2.05, 4.69) is 6.92 Å². The number of fused-ring (bicyclic) bond motifs is 1. The first kappa shape index (κ1) is 22.9. The summed E-state index contributed by atoms with van der Waals surface area (Å²) >= 11 is 0. The van der Waals surface area contributed by atoms with Gasteiger partial charge in [0.1, 0.15) is 11.3 Å². The van der Waals surface area contributed by atoms with E-state index in [-0.39, 0.29) is 23.3 Å². The molecule has 0 bridgehead atoms. The van der Waals surface area contributed by atoms with Gasteiger partial charge in [0.05, 0.1) is 4.92 Å². The number of anilines is 1. The first-order valence-corrected chi connectivity index (χ1v) is 12.0. The number of rotatable bonds is 4. The average molecular weight is 477 g/mol. The molecule has 2 aliphatic rings. The first-order chi connectivity index (χ1) is 16.9. The molecule has 182 valence electrons. The summed E-state index contributed by atoms with van der Waals surface area (Å²) in [6.07, 6.45) is 1.99. The van der Waals surface area contributed by atoms with Gasteiger partial charge < -0.3 is 19.1 Å². The average Bonchev–Trinajstić information content (AvgIpc) is 3.32. The predicted octanol–water partition coefficient (Wildman–Crippen LogP) is 4.18. The van der Waals surface area contributed by atoms with Crippen LogP contribution in [0.1, 0.15) is 40.7 Å². The molecule has 0 N–H and O–H groups in total. The fourth-order valence-electron chi connectivity index (χ4n) is 4.86. The Hall–Kier alpha value is -3.88. The summed E-state index contributed by atoms with van der Waals surface area (Å²) in [4.78, 5) is 42.8. The van der Waals surface area contributed by atoms with Crippen LogP contribution in [0.3, 0.4) is 0 Å². The first-order valence-electron chi connectivity index (χ1n) is 12.0. The molecule has 5 rings (SSSR count). The number of piperazine rings is 1. The van der Waals surface area contributed by atoms with Gasteiger partial charge in [0.2, 0.25) is 0 Å². The van der Waals surface area contributed by atoms with E-state index < -0.39 is 4.92 Å². The van der Waals surface area contributed by atoms with Crippen molar-refractivity contribution in [2.45, 2.75) is 19.8 Å². The topological polar surface area (TPSA) is 100 Å². The Morgan fingerprint density at radius 2 is 1.57 bits per heavy atom. The number of para-hydroxylation sites is 1. The Balaban J connectivity index is 1.26. The van der Waals surface area contributed by atoms with Gasteiger partial charge in [-0.25, -0.2) is 0 Å². The van der Waals surface area contributed by atoms with Crippen molar-refractivity contribution in [3.05, 3.63) is 70.0 Å². The normalized spacial score (nSPS) is 17.1. The molecular weight excluding hydrogens is 448 g/mol. The standard InChI is InChI=1S/C26H28N4O5/c1-18-8-10-27(11-9-18)21-7-6-20(16-22(21)30(33)34)25(31)28-12-14-29(15-13-28)26(32)24-17-19-4-2-3-5-23(19)35-24/h2-7,16-18H,8-15H2,1H3. The van der Waals surface area contributed by atoms with Crippen LogP contribution in [0, 0.1) is 16.0 Å². The van der Waals surface area contributed by atoms with Crippen LogP contribution in [0.2, 0.25) is 0 Å². The lowest BCUT2D eigenvalue weighted by molar-refractivity contribution is -0.384. The summed E-state index contributed by atoms with van der Waals surface area (Å²) in [6.45, 7) is 5.18. The van der Waals surface area contributed by atoms with Crippen molar-refractivity contribution in [1.82, 2.24) is 9.80 Å². The van der Waals surface area contributed by atoms with Crippen molar-refractivity contribution in [2.75, 3.05) is 44.2 Å². The molecule has 0 atom stereocenters. The number of carbonyl (C=O) groups excluding carboxylic acids is 2. The molecule has 2 fully saturated rings. The zero-order valence-electron chi connectivity index (χ0n) is 19.7. The maximum Gasteiger partial charge on any atom is 0.293 e. The molecule has 3 heterocycles. The number of hydrogen-bond donors (Lipinski definition) is 0. The summed E-state index contributed by atoms with van der Waals surface area (Å²) in [5, 5.41) is 12.7. The Morgan fingerprint density at radius 1 is 0.914 bits per heavy atom. The van der Waals surface area contributed by atoms with E-state index in [0.29, 0.717) is 48.9 Å². The number of piperidine rings is 1. The molecule has 2 aliphatic heterocycles. The van der Waals surface area contributed by atoms with Gasteiger partial charge >= 0.3 is 0 Å². The van der Waals surface area contributed by atoms with Gasteiger partial charge in [0.15, 0.2) is 5.76 Å². The Kier molecular flexibility index (Phi) is 6.15. The number of hydrogen-bond acceptors (Lipinski definition) is 6. The van der Waals surface area contributed by atoms with Crippen LogP contribution in [-0.2, 0) is 0 Å². The van der Waals surface area contributed by atoms with Gasteiger partial charge in [0, 0.05) is 56.3 Å². The lowest BCUT2D eigenvalue weighted by Crippen LogP contribution is -2.50. The highest BCUT2D eigenvalue weighted by Crippen LogP contribution is 2.33. The molecule has 0 saturated carbocycles. The Bertz CT molecular complexity index is 1240. The van der Waals surface area contributed by atoms with Gasteiger partial charge in [-0.1, -0.05) is 25.1 Å². The van der Waals surface area contributed by atoms with E-state index in [1.165, 1.54) is 6.07 Å². The third-order valence-electron chi connectivity index (χ3n) is 7.03. The fraction of sp³-hybridized carbons (Fsp3) is 0.385. The summed E-state index contributed by atoms with van der Waals surface area (Å²) in [6, 6.07) is 14.0. The second-order valence-electron chi connectivity index (χ2n) is 9.36. The minimum Gasteiger partial charge on any atom is -0.451 e. The number of nitro groups is 1. The molecule has 9 nitrogen and oxygen atoms in total. The molecule has 35 heavy (non-hydrogen) atoms. The van der Waals surface area contributed by atoms with Crippen LogP contribution in [0.25, 0.3) is 11.0 Å². The van der Waals surface area contributed by atoms with E-state index in [9.17, 15) is 19.7 Å². The lowest BCUT2D eigenvalue weighted by Gasteiger charge is -2.34. The van der Waals surface area contributed by atoms with E-state index >= 15 is 0 Å². The van der Waals surface area contributed by atoms with Crippen LogP contribution in [0.15, 0.2) is 52.9 Å². The fourth-order valence-corrected chi connectivity index (χ4v) is 4.86. The van der Waals surface area contributed by atoms with Crippen molar-refractivity contribution in [1.29, 1.82) is 0 Å². The smallest absolute Gasteiger partial charge is 0.293 e. The number of furan rings is 1. The minimum atomic E-state index is -0.409. The minimum absolute atomic E-state index is 0.0379. The van der Waals surface area contributed by atoms with E-state index in [4.69, 9.17) is 4.42 Å². The zero-order chi connectivity index (χ0) is 24.5. The van der Waals surface area contributed by atoms with Crippen LogP contribution >= 0.6 is 0 Å². The van der Waals surface area contributed by atoms with Crippen molar-refractivity contribution < 1.29 is 18.9 Å². The Labute approximate surface area is 203 Å². The number of nitro benzene ring substituents is 1. The number of carbonyl (C=O) groups is 2. The van der Waals surface area contributed by atoms with Gasteiger partial charge in [-0.3, -0.25) is 19.7 Å². The molecular formula is C26H28N4O5. The third kappa shape index (κ3) is 4.58. The van der Waals surface area contributed by atoms with Crippen LogP contribution in [0.5, 0.6) is 0 Å². The third-order valence-corrected chi connectivity index (χ3v) is 7.03. The van der Waals surface area contributed by atoms with Crippen LogP contribution in [-0.4, -0.2) is 65.8 Å². The lowest BCUT2D eigenvalue weighted by atomic mass is 9.98. The molecule has 0 aliphatic carbocycles. The highest BCUT2D eigenvalue weighted by molar-refractivity contribution is 5.97. The van der Waals surface area contributed by atoms with Crippen molar-refractivity contribution in [2.24, 2.45) is 5.92 Å². The molecule has 2 aromatic carbocycles. The summed E-state index contributed by atoms with van der Waals surface area (Å²) in [5.74, 6) is 0.430. The number of amides is 2.